The number of methoxy groups -OCH3 is 1. The number of carbonyl (C=O) groups is 2. The van der Waals surface area contributed by atoms with E-state index in [9.17, 15) is 14.0 Å². The van der Waals surface area contributed by atoms with Crippen molar-refractivity contribution in [3.8, 4) is 28.4 Å². The number of benzene rings is 3. The van der Waals surface area contributed by atoms with Gasteiger partial charge in [-0.2, -0.15) is 0 Å². The average Bonchev–Trinajstić information content (AvgIpc) is 2.92. The Kier molecular flexibility index (Phi) is 8.70. The Bertz CT molecular complexity index is 1320. The molecule has 3 aliphatic rings. The lowest BCUT2D eigenvalue weighted by atomic mass is 10.0. The van der Waals surface area contributed by atoms with Crippen molar-refractivity contribution in [1.29, 1.82) is 0 Å². The van der Waals surface area contributed by atoms with Crippen molar-refractivity contribution in [2.45, 2.75) is 25.1 Å². The molecule has 1 saturated heterocycles. The molecule has 200 valence electrons. The number of nitrogens with one attached hydrogen (secondary N) is 3. The lowest BCUT2D eigenvalue weighted by Gasteiger charge is -2.33. The number of fused-ring (bicyclic) bond motifs is 7. The highest BCUT2D eigenvalue weighted by molar-refractivity contribution is 5.96. The van der Waals surface area contributed by atoms with Crippen LogP contribution in [0.15, 0.2) is 60.7 Å². The molecule has 6 bridgehead atoms. The lowest BCUT2D eigenvalue weighted by Crippen LogP contribution is -2.55. The van der Waals surface area contributed by atoms with Crippen LogP contribution in [0, 0.1) is 5.82 Å². The number of hydrogen-bond donors (Lipinski definition) is 3. The van der Waals surface area contributed by atoms with Crippen molar-refractivity contribution in [3.63, 3.8) is 0 Å². The second kappa shape index (κ2) is 12.1. The molecule has 0 aromatic heterocycles. The number of rotatable bonds is 1. The van der Waals surface area contributed by atoms with Gasteiger partial charge in [0, 0.05) is 24.7 Å². The fourth-order valence-electron chi connectivity index (χ4n) is 4.52. The minimum absolute atomic E-state index is 0. The van der Waals surface area contributed by atoms with E-state index >= 15 is 0 Å². The minimum Gasteiger partial charge on any atom is -0.496 e. The first kappa shape index (κ1) is 27.2. The summed E-state index contributed by atoms with van der Waals surface area (Å²) in [5.74, 6) is 0.187. The minimum atomic E-state index is -0.617. The normalized spacial score (nSPS) is 19.4. The molecule has 3 aromatic carbocycles. The van der Waals surface area contributed by atoms with Gasteiger partial charge in [-0.05, 0) is 60.5 Å². The van der Waals surface area contributed by atoms with E-state index in [2.05, 4.69) is 16.0 Å². The third kappa shape index (κ3) is 6.17. The van der Waals surface area contributed by atoms with Gasteiger partial charge in [0.1, 0.15) is 29.2 Å². The quantitative estimate of drug-likeness (QED) is 0.436. The summed E-state index contributed by atoms with van der Waals surface area (Å²) < 4.78 is 32.2. The molecule has 0 saturated carbocycles. The van der Waals surface area contributed by atoms with Crippen molar-refractivity contribution < 1.29 is 28.2 Å². The maximum atomic E-state index is 14.8. The molecule has 3 N–H and O–H groups in total. The summed E-state index contributed by atoms with van der Waals surface area (Å²) in [6.07, 6.45) is 0.326. The smallest absolute Gasteiger partial charge is 0.258 e. The van der Waals surface area contributed by atoms with Gasteiger partial charge in [-0.1, -0.05) is 18.2 Å². The van der Waals surface area contributed by atoms with Crippen molar-refractivity contribution in [1.82, 2.24) is 16.0 Å². The van der Waals surface area contributed by atoms with E-state index in [1.54, 1.807) is 43.5 Å². The van der Waals surface area contributed by atoms with Crippen LogP contribution in [-0.2, 0) is 11.3 Å². The molecule has 3 aliphatic heterocycles. The molecule has 8 nitrogen and oxygen atoms in total. The molecule has 0 radical (unpaired) electrons. The summed E-state index contributed by atoms with van der Waals surface area (Å²) in [6.45, 7) is 1.29. The van der Waals surface area contributed by atoms with Crippen LogP contribution in [0.3, 0.4) is 0 Å². The number of piperidine rings is 1. The van der Waals surface area contributed by atoms with Gasteiger partial charge in [-0.15, -0.1) is 12.4 Å². The van der Waals surface area contributed by atoms with Crippen LogP contribution >= 0.6 is 12.4 Å². The van der Waals surface area contributed by atoms with Crippen LogP contribution in [0.5, 0.6) is 17.2 Å². The molecule has 10 heteroatoms. The van der Waals surface area contributed by atoms with Crippen LogP contribution in [0.1, 0.15) is 22.3 Å². The van der Waals surface area contributed by atoms with E-state index in [4.69, 9.17) is 14.2 Å². The largest absolute Gasteiger partial charge is 0.496 e. The Morgan fingerprint density at radius 2 is 1.84 bits per heavy atom. The summed E-state index contributed by atoms with van der Waals surface area (Å²) in [4.78, 5) is 25.6. The maximum Gasteiger partial charge on any atom is 0.258 e. The van der Waals surface area contributed by atoms with Crippen LogP contribution < -0.4 is 30.2 Å². The molecule has 3 aromatic rings. The zero-order chi connectivity index (χ0) is 25.8. The standard InChI is InChI=1S/C28H28FN3O5.ClH/c1-35-26-13-21-7-5-19(26)14-31-27(33)16-36-20-4-2-3-17(11-20)18-6-8-23(29)22(12-18)28(34)32-24-15-30-10-9-25(24)37-21;/h2-8,11-13,24-25,30H,9-10,14-16H2,1H3,(H,31,33)(H,32,34);1H/t24-,25+;/m1./s1. The number of carbonyl (C=O) groups excluding carboxylic acids is 2. The first-order valence-corrected chi connectivity index (χ1v) is 12.1. The monoisotopic (exact) mass is 541 g/mol. The fourth-order valence-corrected chi connectivity index (χ4v) is 4.52. The van der Waals surface area contributed by atoms with Gasteiger partial charge in [0.25, 0.3) is 11.8 Å². The van der Waals surface area contributed by atoms with E-state index in [0.717, 1.165) is 17.7 Å². The topological polar surface area (TPSA) is 97.9 Å². The van der Waals surface area contributed by atoms with Gasteiger partial charge in [-0.25, -0.2) is 4.39 Å². The van der Waals surface area contributed by atoms with Gasteiger partial charge in [-0.3, -0.25) is 9.59 Å². The Hall–Kier alpha value is -3.82. The third-order valence-corrected chi connectivity index (χ3v) is 6.51. The van der Waals surface area contributed by atoms with E-state index in [0.29, 0.717) is 35.8 Å². The molecule has 1 fully saturated rings. The zero-order valence-corrected chi connectivity index (χ0v) is 21.6. The first-order chi connectivity index (χ1) is 18.0. The molecule has 38 heavy (non-hydrogen) atoms. The number of amides is 2. The third-order valence-electron chi connectivity index (χ3n) is 6.51. The number of hydrogen-bond acceptors (Lipinski definition) is 6. The molecular weight excluding hydrogens is 513 g/mol. The fraction of sp³-hybridized carbons (Fsp3) is 0.286. The average molecular weight is 542 g/mol. The van der Waals surface area contributed by atoms with E-state index < -0.39 is 11.7 Å². The highest BCUT2D eigenvalue weighted by Crippen LogP contribution is 2.28. The molecule has 3 heterocycles. The Balaban J connectivity index is 0.00000336. The van der Waals surface area contributed by atoms with Crippen LogP contribution in [0.2, 0.25) is 0 Å². The van der Waals surface area contributed by atoms with Crippen LogP contribution in [0.4, 0.5) is 4.39 Å². The van der Waals surface area contributed by atoms with Gasteiger partial charge in [0.2, 0.25) is 0 Å². The predicted octanol–water partition coefficient (Wildman–Crippen LogP) is 3.47. The van der Waals surface area contributed by atoms with Crippen molar-refractivity contribution in [2.75, 3.05) is 26.8 Å². The SMILES string of the molecule is COc1cc2ccc1CNC(=O)COc1cccc(c1)-c1ccc(F)c(c1)C(=O)N[C@@H]1CNCC[C@@H]1O2.Cl. The van der Waals surface area contributed by atoms with Crippen LogP contribution in [-0.4, -0.2) is 50.8 Å². The summed E-state index contributed by atoms with van der Waals surface area (Å²) in [6, 6.07) is 16.5. The molecule has 0 spiro atoms. The van der Waals surface area contributed by atoms with Crippen molar-refractivity contribution in [2.24, 2.45) is 0 Å². The summed E-state index contributed by atoms with van der Waals surface area (Å²) in [5, 5.41) is 9.06. The highest BCUT2D eigenvalue weighted by Gasteiger charge is 2.29. The van der Waals surface area contributed by atoms with Crippen molar-refractivity contribution >= 4 is 24.2 Å². The zero-order valence-electron chi connectivity index (χ0n) is 20.8. The van der Waals surface area contributed by atoms with Crippen LogP contribution in [0.25, 0.3) is 11.1 Å². The molecule has 2 amide bonds. The molecular formula is C28H29ClFN3O5. The molecule has 0 aliphatic carbocycles. The Morgan fingerprint density at radius 3 is 2.68 bits per heavy atom. The predicted molar refractivity (Wildman–Crippen MR) is 143 cm³/mol. The molecule has 0 unspecified atom stereocenters. The Morgan fingerprint density at radius 1 is 1.00 bits per heavy atom. The summed E-state index contributed by atoms with van der Waals surface area (Å²) >= 11 is 0. The second-order valence-corrected chi connectivity index (χ2v) is 8.99. The maximum absolute atomic E-state index is 14.8. The van der Waals surface area contributed by atoms with E-state index in [-0.39, 0.29) is 49.2 Å². The first-order valence-electron chi connectivity index (χ1n) is 12.1. The highest BCUT2D eigenvalue weighted by atomic mass is 35.5. The Labute approximate surface area is 226 Å². The van der Waals surface area contributed by atoms with Gasteiger partial charge in [0.05, 0.1) is 18.7 Å². The number of ether oxygens (including phenoxy) is 3. The van der Waals surface area contributed by atoms with Gasteiger partial charge >= 0.3 is 0 Å². The van der Waals surface area contributed by atoms with Gasteiger partial charge in [0.15, 0.2) is 6.61 Å². The van der Waals surface area contributed by atoms with Crippen molar-refractivity contribution in [3.05, 3.63) is 77.6 Å². The van der Waals surface area contributed by atoms with E-state index in [1.807, 2.05) is 12.1 Å². The molecule has 2 atom stereocenters. The molecule has 6 rings (SSSR count). The second-order valence-electron chi connectivity index (χ2n) is 8.99. The lowest BCUT2D eigenvalue weighted by molar-refractivity contribution is -0.123. The van der Waals surface area contributed by atoms with E-state index in [1.165, 1.54) is 12.1 Å². The summed E-state index contributed by atoms with van der Waals surface area (Å²) in [7, 11) is 1.55. The number of halogens is 2. The van der Waals surface area contributed by atoms with Gasteiger partial charge < -0.3 is 30.2 Å². The summed E-state index contributed by atoms with van der Waals surface area (Å²) in [5.41, 5.74) is 2.10.